The molecule has 98 valence electrons. The minimum Gasteiger partial charge on any atom is -0.387 e. The second-order valence-electron chi connectivity index (χ2n) is 7.80. The van der Waals surface area contributed by atoms with Crippen LogP contribution < -0.4 is 0 Å². The predicted octanol–water partition coefficient (Wildman–Crippen LogP) is 2.72. The number of hydrogen-bond donors (Lipinski definition) is 2. The molecule has 0 amide bonds. The van der Waals surface area contributed by atoms with Gasteiger partial charge in [0, 0.05) is 0 Å². The molecule has 0 aromatic rings. The zero-order chi connectivity index (χ0) is 12.7. The van der Waals surface area contributed by atoms with Crippen molar-refractivity contribution in [2.75, 3.05) is 0 Å². The fourth-order valence-electron chi connectivity index (χ4n) is 5.78. The third kappa shape index (κ3) is 1.06. The molecular formula is C15H26O2. The molecule has 2 bridgehead atoms. The average molecular weight is 238 g/mol. The van der Waals surface area contributed by atoms with Crippen LogP contribution in [0.4, 0.5) is 0 Å². The molecule has 0 aromatic carbocycles. The molecule has 0 unspecified atom stereocenters. The van der Waals surface area contributed by atoms with E-state index in [1.54, 1.807) is 0 Å². The van der Waals surface area contributed by atoms with E-state index in [0.29, 0.717) is 17.3 Å². The first-order valence-electron chi connectivity index (χ1n) is 7.12. The zero-order valence-electron chi connectivity index (χ0n) is 11.6. The van der Waals surface area contributed by atoms with Crippen LogP contribution in [-0.2, 0) is 0 Å². The number of hydrogen-bond acceptors (Lipinski definition) is 2. The second kappa shape index (κ2) is 2.91. The fraction of sp³-hybridized carbons (Fsp3) is 1.00. The van der Waals surface area contributed by atoms with Gasteiger partial charge in [-0.3, -0.25) is 0 Å². The molecule has 5 atom stereocenters. The van der Waals surface area contributed by atoms with Gasteiger partial charge in [0.15, 0.2) is 0 Å². The van der Waals surface area contributed by atoms with Crippen LogP contribution in [0, 0.1) is 22.7 Å². The Labute approximate surface area is 104 Å². The molecule has 2 nitrogen and oxygen atoms in total. The summed E-state index contributed by atoms with van der Waals surface area (Å²) in [5.41, 5.74) is -1.65. The molecule has 0 aliphatic heterocycles. The SMILES string of the molecule is C[C@@H]1CC[C@H]2C(C)(C)[C@@]3(O)C[C@@]12CC[C@@]3(C)O. The van der Waals surface area contributed by atoms with Crippen LogP contribution in [0.15, 0.2) is 0 Å². The summed E-state index contributed by atoms with van der Waals surface area (Å²) >= 11 is 0. The lowest BCUT2D eigenvalue weighted by Gasteiger charge is -2.51. The van der Waals surface area contributed by atoms with E-state index in [1.165, 1.54) is 12.8 Å². The highest BCUT2D eigenvalue weighted by Gasteiger charge is 2.74. The van der Waals surface area contributed by atoms with Crippen molar-refractivity contribution in [1.82, 2.24) is 0 Å². The van der Waals surface area contributed by atoms with Crippen molar-refractivity contribution in [3.63, 3.8) is 0 Å². The van der Waals surface area contributed by atoms with Crippen LogP contribution in [0.5, 0.6) is 0 Å². The van der Waals surface area contributed by atoms with Gasteiger partial charge >= 0.3 is 0 Å². The van der Waals surface area contributed by atoms with Gasteiger partial charge < -0.3 is 10.2 Å². The molecule has 0 radical (unpaired) electrons. The van der Waals surface area contributed by atoms with Gasteiger partial charge in [0.2, 0.25) is 0 Å². The Kier molecular flexibility index (Phi) is 2.05. The molecule has 3 rings (SSSR count). The highest BCUT2D eigenvalue weighted by Crippen LogP contribution is 2.74. The summed E-state index contributed by atoms with van der Waals surface area (Å²) in [6, 6.07) is 0. The van der Waals surface area contributed by atoms with Crippen molar-refractivity contribution in [2.45, 2.75) is 71.0 Å². The zero-order valence-corrected chi connectivity index (χ0v) is 11.6. The normalized spacial score (nSPS) is 60.4. The van der Waals surface area contributed by atoms with Gasteiger partial charge in [-0.05, 0) is 61.7 Å². The molecule has 0 aromatic heterocycles. The summed E-state index contributed by atoms with van der Waals surface area (Å²) in [6.45, 7) is 8.55. The molecular weight excluding hydrogens is 212 g/mol. The van der Waals surface area contributed by atoms with E-state index in [0.717, 1.165) is 19.3 Å². The van der Waals surface area contributed by atoms with Crippen molar-refractivity contribution >= 4 is 0 Å². The summed E-state index contributed by atoms with van der Waals surface area (Å²) in [5, 5.41) is 21.8. The Morgan fingerprint density at radius 1 is 1.00 bits per heavy atom. The summed E-state index contributed by atoms with van der Waals surface area (Å²) < 4.78 is 0. The van der Waals surface area contributed by atoms with Gasteiger partial charge in [-0.2, -0.15) is 0 Å². The summed E-state index contributed by atoms with van der Waals surface area (Å²) in [6.07, 6.45) is 5.19. The van der Waals surface area contributed by atoms with E-state index >= 15 is 0 Å². The van der Waals surface area contributed by atoms with E-state index < -0.39 is 11.2 Å². The third-order valence-corrected chi connectivity index (χ3v) is 7.05. The van der Waals surface area contributed by atoms with Crippen LogP contribution >= 0.6 is 0 Å². The molecule has 2 N–H and O–H groups in total. The monoisotopic (exact) mass is 238 g/mol. The summed E-state index contributed by atoms with van der Waals surface area (Å²) in [5.74, 6) is 1.29. The predicted molar refractivity (Wildman–Crippen MR) is 67.5 cm³/mol. The Hall–Kier alpha value is -0.0800. The lowest BCUT2D eigenvalue weighted by atomic mass is 9.61. The fourth-order valence-corrected chi connectivity index (χ4v) is 5.78. The largest absolute Gasteiger partial charge is 0.387 e. The van der Waals surface area contributed by atoms with Crippen molar-refractivity contribution < 1.29 is 10.2 Å². The molecule has 3 fully saturated rings. The lowest BCUT2D eigenvalue weighted by Crippen LogP contribution is -2.60. The van der Waals surface area contributed by atoms with E-state index in [-0.39, 0.29) is 5.41 Å². The van der Waals surface area contributed by atoms with Crippen molar-refractivity contribution in [3.05, 3.63) is 0 Å². The first-order chi connectivity index (χ1) is 7.67. The summed E-state index contributed by atoms with van der Waals surface area (Å²) in [7, 11) is 0. The van der Waals surface area contributed by atoms with Gasteiger partial charge in [0.1, 0.15) is 0 Å². The maximum atomic E-state index is 11.1. The van der Waals surface area contributed by atoms with Crippen LogP contribution in [-0.4, -0.2) is 21.4 Å². The molecule has 2 heteroatoms. The highest BCUT2D eigenvalue weighted by atomic mass is 16.4. The average Bonchev–Trinajstić information content (AvgIpc) is 2.59. The minimum absolute atomic E-state index is 0.155. The lowest BCUT2D eigenvalue weighted by molar-refractivity contribution is -0.207. The maximum Gasteiger partial charge on any atom is 0.0989 e. The minimum atomic E-state index is -0.911. The van der Waals surface area contributed by atoms with Crippen LogP contribution in [0.1, 0.15) is 59.8 Å². The topological polar surface area (TPSA) is 40.5 Å². The van der Waals surface area contributed by atoms with Crippen LogP contribution in [0.2, 0.25) is 0 Å². The molecule has 3 aliphatic carbocycles. The van der Waals surface area contributed by atoms with Gasteiger partial charge in [-0.1, -0.05) is 20.8 Å². The quantitative estimate of drug-likeness (QED) is 0.681. The first-order valence-corrected chi connectivity index (χ1v) is 7.12. The first kappa shape index (κ1) is 12.0. The van der Waals surface area contributed by atoms with Crippen molar-refractivity contribution in [1.29, 1.82) is 0 Å². The van der Waals surface area contributed by atoms with E-state index in [9.17, 15) is 10.2 Å². The third-order valence-electron chi connectivity index (χ3n) is 7.05. The Morgan fingerprint density at radius 3 is 2.29 bits per heavy atom. The van der Waals surface area contributed by atoms with E-state index in [2.05, 4.69) is 20.8 Å². The molecule has 1 spiro atoms. The van der Waals surface area contributed by atoms with Crippen molar-refractivity contribution in [2.24, 2.45) is 22.7 Å². The number of rotatable bonds is 0. The van der Waals surface area contributed by atoms with E-state index in [1.807, 2.05) is 6.92 Å². The second-order valence-corrected chi connectivity index (χ2v) is 7.80. The molecule has 17 heavy (non-hydrogen) atoms. The van der Waals surface area contributed by atoms with Gasteiger partial charge in [-0.25, -0.2) is 0 Å². The molecule has 0 heterocycles. The standard InChI is InChI=1S/C15H26O2/c1-10-5-6-11-12(2,3)15(17)9-14(10,11)8-7-13(15,4)16/h10-11,16-17H,5-9H2,1-4H3/t10-,11+,13-,14+,15+/m1/s1. The van der Waals surface area contributed by atoms with Gasteiger partial charge in [0.25, 0.3) is 0 Å². The summed E-state index contributed by atoms with van der Waals surface area (Å²) in [4.78, 5) is 0. The Morgan fingerprint density at radius 2 is 1.65 bits per heavy atom. The highest BCUT2D eigenvalue weighted by molar-refractivity contribution is 5.24. The maximum absolute atomic E-state index is 11.1. The van der Waals surface area contributed by atoms with E-state index in [4.69, 9.17) is 0 Å². The number of aliphatic hydroxyl groups is 2. The van der Waals surface area contributed by atoms with Crippen molar-refractivity contribution in [3.8, 4) is 0 Å². The van der Waals surface area contributed by atoms with Crippen LogP contribution in [0.25, 0.3) is 0 Å². The molecule has 3 aliphatic rings. The van der Waals surface area contributed by atoms with Crippen LogP contribution in [0.3, 0.4) is 0 Å². The van der Waals surface area contributed by atoms with Gasteiger partial charge in [0.05, 0.1) is 11.2 Å². The number of fused-ring (bicyclic) bond motifs is 1. The Balaban J connectivity index is 2.15. The van der Waals surface area contributed by atoms with Gasteiger partial charge in [-0.15, -0.1) is 0 Å². The molecule has 0 saturated heterocycles. The molecule has 3 saturated carbocycles. The smallest absolute Gasteiger partial charge is 0.0989 e. The Bertz CT molecular complexity index is 360.